The van der Waals surface area contributed by atoms with Gasteiger partial charge >= 0.3 is 12.3 Å². The van der Waals surface area contributed by atoms with Gasteiger partial charge in [0.25, 0.3) is 0 Å². The fourth-order valence-corrected chi connectivity index (χ4v) is 4.94. The maximum absolute atomic E-state index is 13.3. The van der Waals surface area contributed by atoms with Crippen molar-refractivity contribution in [1.29, 1.82) is 0 Å². The number of hydrogen-bond acceptors (Lipinski definition) is 4. The number of carbonyl (C=O) groups is 2. The predicted octanol–water partition coefficient (Wildman–Crippen LogP) is 8.02. The minimum atomic E-state index is -4.52. The Labute approximate surface area is 195 Å². The Balaban J connectivity index is 2.23. The van der Waals surface area contributed by atoms with E-state index in [4.69, 9.17) is 4.74 Å². The molecule has 0 spiro atoms. The lowest BCUT2D eigenvalue weighted by Crippen LogP contribution is -2.27. The molecule has 0 aliphatic carbocycles. The van der Waals surface area contributed by atoms with Crippen molar-refractivity contribution in [2.24, 2.45) is 0 Å². The highest BCUT2D eigenvalue weighted by atomic mass is 79.9. The third-order valence-corrected chi connectivity index (χ3v) is 6.09. The number of nitrogens with one attached hydrogen (secondary N) is 1. The first-order chi connectivity index (χ1) is 14.9. The quantitative estimate of drug-likeness (QED) is 0.350. The van der Waals surface area contributed by atoms with Crippen LogP contribution in [0.25, 0.3) is 22.3 Å². The molecule has 3 rings (SSSR count). The maximum atomic E-state index is 13.3. The van der Waals surface area contributed by atoms with Gasteiger partial charge in [-0.1, -0.05) is 36.4 Å². The zero-order valence-corrected chi connectivity index (χ0v) is 19.7. The summed E-state index contributed by atoms with van der Waals surface area (Å²) < 4.78 is 45.8. The van der Waals surface area contributed by atoms with Gasteiger partial charge in [0.15, 0.2) is 6.29 Å². The maximum Gasteiger partial charge on any atom is 0.416 e. The van der Waals surface area contributed by atoms with Crippen molar-refractivity contribution in [2.45, 2.75) is 32.5 Å². The Morgan fingerprint density at radius 3 is 2.38 bits per heavy atom. The van der Waals surface area contributed by atoms with Crippen LogP contribution in [-0.4, -0.2) is 18.0 Å². The molecule has 1 amide bonds. The highest BCUT2D eigenvalue weighted by molar-refractivity contribution is 9.11. The summed E-state index contributed by atoms with van der Waals surface area (Å²) in [6.07, 6.45) is -4.57. The molecule has 0 saturated heterocycles. The fraction of sp³-hybridized carbons (Fsp3) is 0.217. The molecule has 1 heterocycles. The number of hydrogen-bond donors (Lipinski definition) is 1. The number of anilines is 1. The monoisotopic (exact) mass is 525 g/mol. The number of benzene rings is 2. The molecule has 32 heavy (non-hydrogen) atoms. The van der Waals surface area contributed by atoms with Crippen molar-refractivity contribution in [3.05, 3.63) is 63.4 Å². The summed E-state index contributed by atoms with van der Waals surface area (Å²) in [5.74, 6) is 0. The zero-order valence-electron chi connectivity index (χ0n) is 17.3. The lowest BCUT2D eigenvalue weighted by Gasteiger charge is -2.20. The van der Waals surface area contributed by atoms with Crippen LogP contribution in [-0.2, 0) is 10.9 Å². The van der Waals surface area contributed by atoms with Crippen LogP contribution in [0.4, 0.5) is 23.0 Å². The Morgan fingerprint density at radius 2 is 1.75 bits per heavy atom. The van der Waals surface area contributed by atoms with Crippen LogP contribution in [0.2, 0.25) is 0 Å². The van der Waals surface area contributed by atoms with E-state index in [-0.39, 0.29) is 5.56 Å². The number of ether oxygens (including phenoxy) is 1. The number of thiophene rings is 1. The molecule has 0 aliphatic heterocycles. The summed E-state index contributed by atoms with van der Waals surface area (Å²) in [4.78, 5) is 24.1. The number of rotatable bonds is 4. The average molecular weight is 526 g/mol. The van der Waals surface area contributed by atoms with E-state index in [1.54, 1.807) is 51.1 Å². The Kier molecular flexibility index (Phi) is 6.80. The molecular formula is C23H19BrF3NO3S. The molecule has 3 aromatic rings. The van der Waals surface area contributed by atoms with Crippen LogP contribution in [0.15, 0.2) is 52.3 Å². The zero-order chi connectivity index (χ0) is 23.7. The van der Waals surface area contributed by atoms with Crippen molar-refractivity contribution in [2.75, 3.05) is 5.32 Å². The topological polar surface area (TPSA) is 55.4 Å². The molecule has 2 aromatic carbocycles. The molecule has 0 fully saturated rings. The average Bonchev–Trinajstić information content (AvgIpc) is 3.01. The van der Waals surface area contributed by atoms with E-state index in [9.17, 15) is 22.8 Å². The molecule has 0 bridgehead atoms. The normalized spacial score (nSPS) is 11.8. The number of aldehydes is 1. The molecule has 1 aromatic heterocycles. The molecule has 0 radical (unpaired) electrons. The second-order valence-electron chi connectivity index (χ2n) is 7.87. The predicted molar refractivity (Wildman–Crippen MR) is 123 cm³/mol. The van der Waals surface area contributed by atoms with Gasteiger partial charge in [0.1, 0.15) is 10.6 Å². The minimum Gasteiger partial charge on any atom is -0.444 e. The van der Waals surface area contributed by atoms with Crippen molar-refractivity contribution in [3.8, 4) is 22.3 Å². The molecule has 9 heteroatoms. The van der Waals surface area contributed by atoms with Crippen LogP contribution in [0, 0.1) is 0 Å². The minimum absolute atomic E-state index is 0.288. The number of carbonyl (C=O) groups excluding carboxylic acids is 2. The Hall–Kier alpha value is -2.65. The van der Waals surface area contributed by atoms with Crippen molar-refractivity contribution >= 4 is 44.6 Å². The standard InChI is InChI=1S/C23H19BrF3NO3S/c1-22(2,3)31-21(30)28-20-18(16-10-5-4-7-14(16)12-29)17(19(24)32-20)13-8-6-9-15(11-13)23(25,26)27/h4-12H,1-3H3,(H,28,30). The molecule has 1 N–H and O–H groups in total. The first kappa shape index (κ1) is 24.0. The highest BCUT2D eigenvalue weighted by Crippen LogP contribution is 2.50. The second-order valence-corrected chi connectivity index (χ2v) is 10.2. The van der Waals surface area contributed by atoms with Gasteiger partial charge in [-0.15, -0.1) is 11.3 Å². The molecule has 0 atom stereocenters. The van der Waals surface area contributed by atoms with E-state index in [1.165, 1.54) is 6.07 Å². The van der Waals surface area contributed by atoms with Gasteiger partial charge in [-0.2, -0.15) is 13.2 Å². The van der Waals surface area contributed by atoms with E-state index in [0.717, 1.165) is 23.5 Å². The molecular weight excluding hydrogens is 507 g/mol. The van der Waals surface area contributed by atoms with E-state index < -0.39 is 23.4 Å². The lowest BCUT2D eigenvalue weighted by atomic mass is 9.94. The smallest absolute Gasteiger partial charge is 0.416 e. The van der Waals surface area contributed by atoms with Gasteiger partial charge in [-0.25, -0.2) is 4.79 Å². The summed E-state index contributed by atoms with van der Waals surface area (Å²) in [6, 6.07) is 11.6. The van der Waals surface area contributed by atoms with Crippen molar-refractivity contribution < 1.29 is 27.5 Å². The lowest BCUT2D eigenvalue weighted by molar-refractivity contribution is -0.137. The first-order valence-electron chi connectivity index (χ1n) is 9.45. The molecule has 0 saturated carbocycles. The summed E-state index contributed by atoms with van der Waals surface area (Å²) in [6.45, 7) is 5.15. The second kappa shape index (κ2) is 9.07. The molecule has 4 nitrogen and oxygen atoms in total. The van der Waals surface area contributed by atoms with Crippen molar-refractivity contribution in [1.82, 2.24) is 0 Å². The third-order valence-electron chi connectivity index (χ3n) is 4.32. The first-order valence-corrected chi connectivity index (χ1v) is 11.1. The van der Waals surface area contributed by atoms with Crippen LogP contribution in [0.1, 0.15) is 36.7 Å². The highest BCUT2D eigenvalue weighted by Gasteiger charge is 2.31. The van der Waals surface area contributed by atoms with Crippen LogP contribution < -0.4 is 5.32 Å². The van der Waals surface area contributed by atoms with Crippen molar-refractivity contribution in [3.63, 3.8) is 0 Å². The van der Waals surface area contributed by atoms with Crippen LogP contribution in [0.5, 0.6) is 0 Å². The van der Waals surface area contributed by atoms with Gasteiger partial charge in [0.05, 0.1) is 9.35 Å². The SMILES string of the molecule is CC(C)(C)OC(=O)Nc1sc(Br)c(-c2cccc(C(F)(F)F)c2)c1-c1ccccc1C=O. The van der Waals surface area contributed by atoms with Gasteiger partial charge in [-0.3, -0.25) is 10.1 Å². The summed E-state index contributed by atoms with van der Waals surface area (Å²) in [5, 5.41) is 3.02. The van der Waals surface area contributed by atoms with Gasteiger partial charge in [0.2, 0.25) is 0 Å². The van der Waals surface area contributed by atoms with E-state index in [0.29, 0.717) is 37.3 Å². The Morgan fingerprint density at radius 1 is 1.06 bits per heavy atom. The molecule has 0 unspecified atom stereocenters. The number of halogens is 4. The van der Waals surface area contributed by atoms with Crippen LogP contribution >= 0.6 is 27.3 Å². The number of alkyl halides is 3. The van der Waals surface area contributed by atoms with Gasteiger partial charge in [0, 0.05) is 16.7 Å². The third kappa shape index (κ3) is 5.39. The van der Waals surface area contributed by atoms with Gasteiger partial charge < -0.3 is 4.74 Å². The van der Waals surface area contributed by atoms with Gasteiger partial charge in [-0.05, 0) is 60.0 Å². The van der Waals surface area contributed by atoms with E-state index in [1.807, 2.05) is 0 Å². The number of amides is 1. The van der Waals surface area contributed by atoms with Crippen LogP contribution in [0.3, 0.4) is 0 Å². The Bertz CT molecular complexity index is 1170. The largest absolute Gasteiger partial charge is 0.444 e. The fourth-order valence-electron chi connectivity index (χ4n) is 3.08. The summed E-state index contributed by atoms with van der Waals surface area (Å²) in [7, 11) is 0. The summed E-state index contributed by atoms with van der Waals surface area (Å²) >= 11 is 4.56. The molecule has 0 aliphatic rings. The van der Waals surface area contributed by atoms with E-state index >= 15 is 0 Å². The summed E-state index contributed by atoms with van der Waals surface area (Å²) in [5.41, 5.74) is 0.404. The van der Waals surface area contributed by atoms with E-state index in [2.05, 4.69) is 21.2 Å². The molecule has 168 valence electrons.